The van der Waals surface area contributed by atoms with Gasteiger partial charge in [0, 0.05) is 12.8 Å². The van der Waals surface area contributed by atoms with Crippen molar-refractivity contribution in [1.29, 1.82) is 0 Å². The Morgan fingerprint density at radius 1 is 0.548 bits per heavy atom. The summed E-state index contributed by atoms with van der Waals surface area (Å²) in [4.78, 5) is 22.4. The van der Waals surface area contributed by atoms with Crippen LogP contribution in [0, 0.1) is 11.8 Å². The van der Waals surface area contributed by atoms with Crippen molar-refractivity contribution in [3.8, 4) is 0 Å². The van der Waals surface area contributed by atoms with Crippen LogP contribution in [-0.2, 0) is 9.59 Å². The highest BCUT2D eigenvalue weighted by atomic mass is 16.1. The first kappa shape index (κ1) is 41.1. The van der Waals surface area contributed by atoms with Gasteiger partial charge in [0.25, 0.3) is 0 Å². The standard InChI is InChI=1S/C38H76N2O2/c1-4-6-8-10-17-23-29-36(31-25-19-13-12-16-22-28-34-41)37(30-24-18-11-9-7-5-2)32-26-20-14-15-21-27-33-38(42)40-35(3)39/h34-37H,4-33,39H2,1-3H3,(H,40,42). The smallest absolute Gasteiger partial charge is 0.221 e. The number of nitrogens with two attached hydrogens (primary N) is 1. The molecule has 4 nitrogen and oxygen atoms in total. The summed E-state index contributed by atoms with van der Waals surface area (Å²) in [6, 6.07) is 0. The molecule has 0 aliphatic rings. The van der Waals surface area contributed by atoms with Crippen LogP contribution < -0.4 is 11.1 Å². The molecule has 0 aromatic rings. The topological polar surface area (TPSA) is 72.2 Å². The largest absolute Gasteiger partial charge is 0.341 e. The molecule has 3 atom stereocenters. The first-order chi connectivity index (χ1) is 20.5. The molecule has 0 fully saturated rings. The molecule has 42 heavy (non-hydrogen) atoms. The molecule has 250 valence electrons. The van der Waals surface area contributed by atoms with E-state index in [1.807, 2.05) is 6.92 Å². The third kappa shape index (κ3) is 29.2. The van der Waals surface area contributed by atoms with Crippen molar-refractivity contribution in [2.24, 2.45) is 17.6 Å². The van der Waals surface area contributed by atoms with Crippen LogP contribution >= 0.6 is 0 Å². The summed E-state index contributed by atoms with van der Waals surface area (Å²) in [7, 11) is 0. The van der Waals surface area contributed by atoms with Gasteiger partial charge in [-0.15, -0.1) is 0 Å². The minimum Gasteiger partial charge on any atom is -0.341 e. The molecule has 3 N–H and O–H groups in total. The molecule has 4 heteroatoms. The lowest BCUT2D eigenvalue weighted by Crippen LogP contribution is -2.38. The number of nitrogens with one attached hydrogen (secondary N) is 1. The number of unbranched alkanes of at least 4 members (excludes halogenated alkanes) is 21. The lowest BCUT2D eigenvalue weighted by Gasteiger charge is -2.28. The summed E-state index contributed by atoms with van der Waals surface area (Å²) in [5, 5.41) is 2.79. The Morgan fingerprint density at radius 3 is 1.24 bits per heavy atom. The maximum absolute atomic E-state index is 11.8. The molecule has 0 radical (unpaired) electrons. The Hall–Kier alpha value is -0.900. The summed E-state index contributed by atoms with van der Waals surface area (Å²) in [5.74, 6) is 1.93. The minimum atomic E-state index is -0.245. The van der Waals surface area contributed by atoms with E-state index in [1.165, 1.54) is 161 Å². The van der Waals surface area contributed by atoms with Crippen molar-refractivity contribution in [3.05, 3.63) is 0 Å². The van der Waals surface area contributed by atoms with Gasteiger partial charge in [-0.3, -0.25) is 4.79 Å². The van der Waals surface area contributed by atoms with Crippen LogP contribution in [0.5, 0.6) is 0 Å². The highest BCUT2D eigenvalue weighted by molar-refractivity contribution is 5.76. The summed E-state index contributed by atoms with van der Waals surface area (Å²) < 4.78 is 0. The average Bonchev–Trinajstić information content (AvgIpc) is 2.96. The van der Waals surface area contributed by atoms with Gasteiger partial charge in [-0.05, 0) is 31.6 Å². The van der Waals surface area contributed by atoms with Crippen LogP contribution in [0.3, 0.4) is 0 Å². The summed E-state index contributed by atoms with van der Waals surface area (Å²) in [5.41, 5.74) is 5.65. The average molecular weight is 593 g/mol. The molecule has 0 aromatic heterocycles. The molecule has 0 aliphatic carbocycles. The molecule has 1 amide bonds. The highest BCUT2D eigenvalue weighted by Gasteiger charge is 2.20. The van der Waals surface area contributed by atoms with E-state index < -0.39 is 0 Å². The maximum atomic E-state index is 11.8. The number of carbonyl (C=O) groups is 2. The number of hydrogen-bond acceptors (Lipinski definition) is 3. The predicted molar refractivity (Wildman–Crippen MR) is 185 cm³/mol. The van der Waals surface area contributed by atoms with Crippen molar-refractivity contribution >= 4 is 12.2 Å². The van der Waals surface area contributed by atoms with Crippen LogP contribution in [0.25, 0.3) is 0 Å². The molecule has 0 aromatic carbocycles. The number of rotatable bonds is 34. The predicted octanol–water partition coefficient (Wildman–Crippen LogP) is 11.6. The Morgan fingerprint density at radius 2 is 0.881 bits per heavy atom. The van der Waals surface area contributed by atoms with Gasteiger partial charge in [0.15, 0.2) is 0 Å². The van der Waals surface area contributed by atoms with E-state index in [0.717, 1.165) is 43.8 Å². The monoisotopic (exact) mass is 593 g/mol. The number of amides is 1. The van der Waals surface area contributed by atoms with Crippen LogP contribution in [0.15, 0.2) is 0 Å². The fourth-order valence-electron chi connectivity index (χ4n) is 6.67. The van der Waals surface area contributed by atoms with E-state index in [0.29, 0.717) is 6.42 Å². The molecule has 0 spiro atoms. The number of carbonyl (C=O) groups excluding carboxylic acids is 2. The van der Waals surface area contributed by atoms with Crippen LogP contribution in [0.1, 0.15) is 213 Å². The zero-order valence-corrected chi connectivity index (χ0v) is 28.9. The summed E-state index contributed by atoms with van der Waals surface area (Å²) in [6.07, 6.45) is 40.0. The van der Waals surface area contributed by atoms with Crippen molar-refractivity contribution in [2.75, 3.05) is 0 Å². The first-order valence-corrected chi connectivity index (χ1v) is 19.0. The Bertz CT molecular complexity index is 565. The summed E-state index contributed by atoms with van der Waals surface area (Å²) >= 11 is 0. The van der Waals surface area contributed by atoms with Gasteiger partial charge >= 0.3 is 0 Å². The lowest BCUT2D eigenvalue weighted by atomic mass is 9.78. The molecule has 3 unspecified atom stereocenters. The second-order valence-corrected chi connectivity index (χ2v) is 13.5. The fourth-order valence-corrected chi connectivity index (χ4v) is 6.67. The molecule has 0 rings (SSSR count). The summed E-state index contributed by atoms with van der Waals surface area (Å²) in [6.45, 7) is 6.44. The van der Waals surface area contributed by atoms with Crippen molar-refractivity contribution < 1.29 is 9.59 Å². The van der Waals surface area contributed by atoms with E-state index in [4.69, 9.17) is 5.73 Å². The van der Waals surface area contributed by atoms with Crippen molar-refractivity contribution in [2.45, 2.75) is 220 Å². The van der Waals surface area contributed by atoms with Crippen molar-refractivity contribution in [1.82, 2.24) is 5.32 Å². The molecule has 0 bridgehead atoms. The molecule has 0 saturated heterocycles. The van der Waals surface area contributed by atoms with E-state index in [2.05, 4.69) is 19.2 Å². The molecule has 0 aliphatic heterocycles. The van der Waals surface area contributed by atoms with Gasteiger partial charge in [-0.25, -0.2) is 0 Å². The second kappa shape index (κ2) is 33.0. The Labute approximate surface area is 263 Å². The SMILES string of the molecule is CCCCCCCCC(CCCCCCCCC=O)C(CCCCCCCC)CCCCCCCCC(=O)NC(C)N. The van der Waals surface area contributed by atoms with Gasteiger partial charge in [0.2, 0.25) is 5.91 Å². The molecular formula is C38H76N2O2. The third-order valence-electron chi connectivity index (χ3n) is 9.29. The third-order valence-corrected chi connectivity index (χ3v) is 9.29. The van der Waals surface area contributed by atoms with Crippen LogP contribution in [0.4, 0.5) is 0 Å². The van der Waals surface area contributed by atoms with Crippen LogP contribution in [-0.4, -0.2) is 18.4 Å². The van der Waals surface area contributed by atoms with Crippen molar-refractivity contribution in [3.63, 3.8) is 0 Å². The highest BCUT2D eigenvalue weighted by Crippen LogP contribution is 2.33. The van der Waals surface area contributed by atoms with Gasteiger partial charge in [0.05, 0.1) is 6.17 Å². The van der Waals surface area contributed by atoms with Gasteiger partial charge in [-0.2, -0.15) is 0 Å². The van der Waals surface area contributed by atoms with Crippen LogP contribution in [0.2, 0.25) is 0 Å². The quantitative estimate of drug-likeness (QED) is 0.0443. The maximum Gasteiger partial charge on any atom is 0.221 e. The second-order valence-electron chi connectivity index (χ2n) is 13.5. The normalized spacial score (nSPS) is 13.6. The van der Waals surface area contributed by atoms with E-state index in [1.54, 1.807) is 0 Å². The Balaban J connectivity index is 4.71. The van der Waals surface area contributed by atoms with Gasteiger partial charge in [0.1, 0.15) is 6.29 Å². The van der Waals surface area contributed by atoms with Gasteiger partial charge in [-0.1, -0.05) is 181 Å². The molecule has 0 heterocycles. The zero-order chi connectivity index (χ0) is 30.9. The first-order valence-electron chi connectivity index (χ1n) is 19.0. The Kier molecular flexibility index (Phi) is 32.3. The van der Waals surface area contributed by atoms with E-state index >= 15 is 0 Å². The molecular weight excluding hydrogens is 516 g/mol. The molecule has 0 saturated carbocycles. The number of aldehydes is 1. The van der Waals surface area contributed by atoms with E-state index in [9.17, 15) is 9.59 Å². The zero-order valence-electron chi connectivity index (χ0n) is 28.9. The lowest BCUT2D eigenvalue weighted by molar-refractivity contribution is -0.121. The van der Waals surface area contributed by atoms with E-state index in [-0.39, 0.29) is 12.1 Å². The minimum absolute atomic E-state index is 0.0943. The fraction of sp³-hybridized carbons (Fsp3) is 0.947. The van der Waals surface area contributed by atoms with Gasteiger partial charge < -0.3 is 15.8 Å². The number of hydrogen-bond donors (Lipinski definition) is 2.